The van der Waals surface area contributed by atoms with Crippen LogP contribution in [0.15, 0.2) is 0 Å². The van der Waals surface area contributed by atoms with Crippen LogP contribution in [0.1, 0.15) is 49.2 Å². The molecule has 1 N–H and O–H groups in total. The van der Waals surface area contributed by atoms with E-state index in [1.807, 2.05) is 11.7 Å². The van der Waals surface area contributed by atoms with E-state index >= 15 is 0 Å². The summed E-state index contributed by atoms with van der Waals surface area (Å²) in [5.74, 6) is 0.916. The first-order valence-electron chi connectivity index (χ1n) is 6.33. The highest BCUT2D eigenvalue weighted by atomic mass is 15.3. The van der Waals surface area contributed by atoms with Gasteiger partial charge in [-0.15, -0.1) is 0 Å². The first-order valence-corrected chi connectivity index (χ1v) is 6.33. The van der Waals surface area contributed by atoms with Gasteiger partial charge >= 0.3 is 0 Å². The summed E-state index contributed by atoms with van der Waals surface area (Å²) in [4.78, 5) is 0. The molecule has 16 heavy (non-hydrogen) atoms. The number of nitrogens with one attached hydrogen (secondary N) is 1. The molecule has 1 heterocycles. The molecule has 0 amide bonds. The second-order valence-corrected chi connectivity index (χ2v) is 5.13. The summed E-state index contributed by atoms with van der Waals surface area (Å²) in [6.07, 6.45) is 4.24. The van der Waals surface area contributed by atoms with E-state index in [9.17, 15) is 0 Å². The van der Waals surface area contributed by atoms with E-state index in [1.54, 1.807) is 0 Å². The predicted molar refractivity (Wildman–Crippen MR) is 66.4 cm³/mol. The first kappa shape index (κ1) is 11.6. The van der Waals surface area contributed by atoms with Gasteiger partial charge in [0.2, 0.25) is 0 Å². The molecule has 1 fully saturated rings. The second-order valence-electron chi connectivity index (χ2n) is 5.13. The van der Waals surface area contributed by atoms with Gasteiger partial charge in [-0.05, 0) is 46.1 Å². The quantitative estimate of drug-likeness (QED) is 0.846. The molecule has 0 aliphatic heterocycles. The van der Waals surface area contributed by atoms with Crippen molar-refractivity contribution >= 4 is 0 Å². The van der Waals surface area contributed by atoms with Crippen LogP contribution in [0.3, 0.4) is 0 Å². The van der Waals surface area contributed by atoms with Crippen LogP contribution in [-0.2, 0) is 7.05 Å². The van der Waals surface area contributed by atoms with Crippen molar-refractivity contribution in [1.82, 2.24) is 15.1 Å². The molecular formula is C13H23N3. The van der Waals surface area contributed by atoms with Gasteiger partial charge in [-0.3, -0.25) is 4.68 Å². The van der Waals surface area contributed by atoms with Gasteiger partial charge in [0.1, 0.15) is 0 Å². The Bertz CT molecular complexity index is 363. The number of nitrogens with zero attached hydrogens (tertiary/aromatic N) is 2. The monoisotopic (exact) mass is 221 g/mol. The summed E-state index contributed by atoms with van der Waals surface area (Å²) in [5.41, 5.74) is 3.82. The van der Waals surface area contributed by atoms with Crippen molar-refractivity contribution in [1.29, 1.82) is 0 Å². The lowest BCUT2D eigenvalue weighted by Crippen LogP contribution is -2.29. The third kappa shape index (κ3) is 2.14. The molecule has 3 heteroatoms. The van der Waals surface area contributed by atoms with Crippen LogP contribution in [0.25, 0.3) is 0 Å². The molecule has 1 unspecified atom stereocenters. The lowest BCUT2D eigenvalue weighted by molar-refractivity contribution is 0.292. The number of rotatable bonds is 4. The van der Waals surface area contributed by atoms with E-state index in [2.05, 4.69) is 31.2 Å². The van der Waals surface area contributed by atoms with E-state index in [1.165, 1.54) is 30.5 Å². The van der Waals surface area contributed by atoms with Gasteiger partial charge in [0.25, 0.3) is 0 Å². The Morgan fingerprint density at radius 3 is 2.56 bits per heavy atom. The Kier molecular flexibility index (Phi) is 3.33. The zero-order valence-corrected chi connectivity index (χ0v) is 10.9. The van der Waals surface area contributed by atoms with Crippen molar-refractivity contribution in [3.8, 4) is 0 Å². The van der Waals surface area contributed by atoms with Crippen LogP contribution in [0.2, 0.25) is 0 Å². The highest BCUT2D eigenvalue weighted by Crippen LogP contribution is 2.27. The van der Waals surface area contributed by atoms with Gasteiger partial charge in [0.05, 0.1) is 5.69 Å². The molecule has 0 radical (unpaired) electrons. The lowest BCUT2D eigenvalue weighted by Gasteiger charge is -2.27. The molecule has 1 aromatic heterocycles. The van der Waals surface area contributed by atoms with Crippen molar-refractivity contribution in [2.45, 2.75) is 46.1 Å². The molecule has 1 saturated carbocycles. The maximum atomic E-state index is 4.47. The van der Waals surface area contributed by atoms with Gasteiger partial charge in [0.15, 0.2) is 0 Å². The normalized spacial score (nSPS) is 18.5. The Hall–Kier alpha value is -0.830. The third-order valence-corrected chi connectivity index (χ3v) is 3.94. The van der Waals surface area contributed by atoms with Crippen molar-refractivity contribution in [2.75, 3.05) is 6.54 Å². The van der Waals surface area contributed by atoms with Crippen molar-refractivity contribution < 1.29 is 0 Å². The Morgan fingerprint density at radius 2 is 2.12 bits per heavy atom. The zero-order valence-electron chi connectivity index (χ0n) is 10.9. The summed E-state index contributed by atoms with van der Waals surface area (Å²) in [6.45, 7) is 7.66. The van der Waals surface area contributed by atoms with E-state index in [0.717, 1.165) is 18.2 Å². The largest absolute Gasteiger partial charge is 0.310 e. The fourth-order valence-corrected chi connectivity index (χ4v) is 2.56. The van der Waals surface area contributed by atoms with Crippen molar-refractivity contribution in [3.63, 3.8) is 0 Å². The molecule has 0 aromatic carbocycles. The van der Waals surface area contributed by atoms with Crippen LogP contribution >= 0.6 is 0 Å². The molecule has 90 valence electrons. The minimum Gasteiger partial charge on any atom is -0.310 e. The molecule has 1 aromatic rings. The average molecular weight is 221 g/mol. The van der Waals surface area contributed by atoms with E-state index in [0.29, 0.717) is 6.04 Å². The lowest BCUT2D eigenvalue weighted by atomic mass is 9.85. The summed E-state index contributed by atoms with van der Waals surface area (Å²) in [7, 11) is 2.02. The summed E-state index contributed by atoms with van der Waals surface area (Å²) >= 11 is 0. The van der Waals surface area contributed by atoms with Crippen LogP contribution in [0, 0.1) is 19.8 Å². The van der Waals surface area contributed by atoms with Crippen LogP contribution in [0.5, 0.6) is 0 Å². The molecule has 2 rings (SSSR count). The fraction of sp³-hybridized carbons (Fsp3) is 0.769. The van der Waals surface area contributed by atoms with Gasteiger partial charge in [0, 0.05) is 24.3 Å². The van der Waals surface area contributed by atoms with Gasteiger partial charge < -0.3 is 5.32 Å². The molecule has 1 aliphatic carbocycles. The van der Waals surface area contributed by atoms with Gasteiger partial charge in [-0.1, -0.05) is 6.42 Å². The summed E-state index contributed by atoms with van der Waals surface area (Å²) < 4.78 is 1.98. The molecule has 0 spiro atoms. The number of aryl methyl sites for hydroxylation is 2. The maximum absolute atomic E-state index is 4.47. The number of hydrogen-bond acceptors (Lipinski definition) is 2. The molecule has 0 saturated heterocycles. The van der Waals surface area contributed by atoms with Crippen molar-refractivity contribution in [3.05, 3.63) is 17.0 Å². The van der Waals surface area contributed by atoms with Crippen molar-refractivity contribution in [2.24, 2.45) is 13.0 Å². The Morgan fingerprint density at radius 1 is 1.44 bits per heavy atom. The summed E-state index contributed by atoms with van der Waals surface area (Å²) in [5, 5.41) is 8.11. The van der Waals surface area contributed by atoms with Crippen LogP contribution in [0.4, 0.5) is 0 Å². The fourth-order valence-electron chi connectivity index (χ4n) is 2.56. The Balaban J connectivity index is 1.98. The highest BCUT2D eigenvalue weighted by Gasteiger charge is 2.20. The SMILES string of the molecule is Cc1nn(C)c(C)c1C(C)NCC1CCC1. The minimum absolute atomic E-state index is 0.425. The molecule has 1 aliphatic rings. The predicted octanol–water partition coefficient (Wildman–Crippen LogP) is 2.49. The topological polar surface area (TPSA) is 29.9 Å². The standard InChI is InChI=1S/C13H23N3/c1-9(14-8-12-6-5-7-12)13-10(2)15-16(4)11(13)3/h9,12,14H,5-8H2,1-4H3. The first-order chi connectivity index (χ1) is 7.59. The zero-order chi connectivity index (χ0) is 11.7. The van der Waals surface area contributed by atoms with Crippen LogP contribution in [-0.4, -0.2) is 16.3 Å². The molecule has 1 atom stereocenters. The number of aromatic nitrogens is 2. The molecule has 0 bridgehead atoms. The van der Waals surface area contributed by atoms with Crippen LogP contribution < -0.4 is 5.32 Å². The highest BCUT2D eigenvalue weighted by molar-refractivity contribution is 5.27. The third-order valence-electron chi connectivity index (χ3n) is 3.94. The number of hydrogen-bond donors (Lipinski definition) is 1. The second kappa shape index (κ2) is 4.58. The summed E-state index contributed by atoms with van der Waals surface area (Å²) in [6, 6.07) is 0.425. The van der Waals surface area contributed by atoms with Gasteiger partial charge in [-0.2, -0.15) is 5.10 Å². The molecule has 3 nitrogen and oxygen atoms in total. The van der Waals surface area contributed by atoms with E-state index in [-0.39, 0.29) is 0 Å². The Labute approximate surface area is 98.2 Å². The minimum atomic E-state index is 0.425. The maximum Gasteiger partial charge on any atom is 0.0644 e. The van der Waals surface area contributed by atoms with E-state index < -0.39 is 0 Å². The average Bonchev–Trinajstić information content (AvgIpc) is 2.38. The molecular weight excluding hydrogens is 198 g/mol. The smallest absolute Gasteiger partial charge is 0.0644 e. The van der Waals surface area contributed by atoms with E-state index in [4.69, 9.17) is 0 Å². The van der Waals surface area contributed by atoms with Gasteiger partial charge in [-0.25, -0.2) is 0 Å².